The Hall–Kier alpha value is -3.93. The number of rotatable bonds is 10. The molecule has 43 heavy (non-hydrogen) atoms. The standard InChI is InChI=1S/C31H34ClN3O7S/c1-18(2)31(4,29(37)33-19(3)28(36)34-21-14-13-20(16-32)27(15-21)43(39,40)41)35-30(38)42-17-26-24-11-7-5-9-22(24)23-10-6-8-12-25(23)26/h5-15,18-19,26H,16-17H2,1-4H3,(H,33,37)(H,34,36)(H,35,38)(H,39,40,41). The van der Waals surface area contributed by atoms with Crippen molar-refractivity contribution in [2.75, 3.05) is 11.9 Å². The molecular weight excluding hydrogens is 594 g/mol. The van der Waals surface area contributed by atoms with Gasteiger partial charge in [-0.15, -0.1) is 11.6 Å². The monoisotopic (exact) mass is 627 g/mol. The molecular formula is C31H34ClN3O7S. The number of carbonyl (C=O) groups excluding carboxylic acids is 3. The number of ether oxygens (including phenoxy) is 1. The van der Waals surface area contributed by atoms with E-state index in [1.54, 1.807) is 20.8 Å². The molecule has 0 bridgehead atoms. The van der Waals surface area contributed by atoms with Gasteiger partial charge in [0.2, 0.25) is 11.8 Å². The molecule has 12 heteroatoms. The molecule has 0 aromatic heterocycles. The fraction of sp³-hybridized carbons (Fsp3) is 0.323. The van der Waals surface area contributed by atoms with E-state index in [2.05, 4.69) is 16.0 Å². The van der Waals surface area contributed by atoms with Gasteiger partial charge in [0, 0.05) is 17.5 Å². The van der Waals surface area contributed by atoms with Crippen LogP contribution in [0.5, 0.6) is 0 Å². The first kappa shape index (κ1) is 32.0. The highest BCUT2D eigenvalue weighted by atomic mass is 35.5. The Morgan fingerprint density at radius 1 is 0.977 bits per heavy atom. The van der Waals surface area contributed by atoms with Crippen LogP contribution in [0.25, 0.3) is 11.1 Å². The number of hydrogen-bond donors (Lipinski definition) is 4. The SMILES string of the molecule is CC(NC(=O)C(C)(NC(=O)OCC1c2ccccc2-c2ccccc21)C(C)C)C(=O)Nc1ccc(CCl)c(S(=O)(=O)O)c1. The van der Waals surface area contributed by atoms with Crippen LogP contribution >= 0.6 is 11.6 Å². The molecule has 3 amide bonds. The Morgan fingerprint density at radius 2 is 1.56 bits per heavy atom. The van der Waals surface area contributed by atoms with E-state index in [1.807, 2.05) is 48.5 Å². The van der Waals surface area contributed by atoms with Gasteiger partial charge in [-0.25, -0.2) is 4.79 Å². The molecule has 0 saturated heterocycles. The quantitative estimate of drug-likeness (QED) is 0.181. The summed E-state index contributed by atoms with van der Waals surface area (Å²) in [5, 5.41) is 7.81. The molecule has 4 N–H and O–H groups in total. The molecule has 3 aromatic carbocycles. The third-order valence-corrected chi connectivity index (χ3v) is 9.05. The zero-order valence-corrected chi connectivity index (χ0v) is 25.8. The van der Waals surface area contributed by atoms with Crippen LogP contribution in [0.2, 0.25) is 0 Å². The summed E-state index contributed by atoms with van der Waals surface area (Å²) < 4.78 is 38.5. The number of hydrogen-bond acceptors (Lipinski definition) is 6. The number of fused-ring (bicyclic) bond motifs is 3. The van der Waals surface area contributed by atoms with Gasteiger partial charge in [-0.1, -0.05) is 68.4 Å². The van der Waals surface area contributed by atoms with E-state index in [1.165, 1.54) is 19.1 Å². The van der Waals surface area contributed by atoms with Crippen LogP contribution in [-0.2, 0) is 30.3 Å². The van der Waals surface area contributed by atoms with E-state index < -0.39 is 44.5 Å². The lowest BCUT2D eigenvalue weighted by atomic mass is 9.87. The molecule has 4 rings (SSSR count). The number of anilines is 1. The van der Waals surface area contributed by atoms with Crippen molar-refractivity contribution in [3.63, 3.8) is 0 Å². The third-order valence-electron chi connectivity index (χ3n) is 7.83. The number of benzene rings is 3. The molecule has 2 unspecified atom stereocenters. The molecule has 3 aromatic rings. The topological polar surface area (TPSA) is 151 Å². The van der Waals surface area contributed by atoms with Gasteiger partial charge in [-0.3, -0.25) is 14.1 Å². The molecule has 0 aliphatic heterocycles. The van der Waals surface area contributed by atoms with Crippen LogP contribution in [0.1, 0.15) is 50.3 Å². The molecule has 0 spiro atoms. The number of halogens is 1. The molecule has 0 radical (unpaired) electrons. The summed E-state index contributed by atoms with van der Waals surface area (Å²) in [4.78, 5) is 38.8. The summed E-state index contributed by atoms with van der Waals surface area (Å²) in [6.07, 6.45) is -0.776. The van der Waals surface area contributed by atoms with Gasteiger partial charge < -0.3 is 20.7 Å². The van der Waals surface area contributed by atoms with Crippen LogP contribution in [0.3, 0.4) is 0 Å². The number of nitrogens with one attached hydrogen (secondary N) is 3. The Morgan fingerprint density at radius 3 is 2.09 bits per heavy atom. The maximum atomic E-state index is 13.4. The summed E-state index contributed by atoms with van der Waals surface area (Å²) >= 11 is 5.75. The fourth-order valence-electron chi connectivity index (χ4n) is 4.96. The van der Waals surface area contributed by atoms with Gasteiger partial charge >= 0.3 is 6.09 Å². The Bertz CT molecular complexity index is 1620. The Labute approximate surface area is 255 Å². The van der Waals surface area contributed by atoms with Crippen LogP contribution < -0.4 is 16.0 Å². The summed E-state index contributed by atoms with van der Waals surface area (Å²) in [7, 11) is -4.58. The Balaban J connectivity index is 1.40. The predicted molar refractivity (Wildman–Crippen MR) is 163 cm³/mol. The minimum absolute atomic E-state index is 0.0719. The lowest BCUT2D eigenvalue weighted by Gasteiger charge is -2.34. The van der Waals surface area contributed by atoms with E-state index in [-0.39, 0.29) is 35.6 Å². The van der Waals surface area contributed by atoms with Gasteiger partial charge in [0.15, 0.2) is 0 Å². The first-order chi connectivity index (χ1) is 20.3. The zero-order chi connectivity index (χ0) is 31.5. The summed E-state index contributed by atoms with van der Waals surface area (Å²) in [6, 6.07) is 18.7. The molecule has 0 saturated carbocycles. The van der Waals surface area contributed by atoms with E-state index in [9.17, 15) is 27.4 Å². The first-order valence-electron chi connectivity index (χ1n) is 13.7. The van der Waals surface area contributed by atoms with Crippen molar-refractivity contribution in [1.82, 2.24) is 10.6 Å². The van der Waals surface area contributed by atoms with Crippen LogP contribution in [-0.4, -0.2) is 49.1 Å². The average Bonchev–Trinajstić information content (AvgIpc) is 3.28. The maximum Gasteiger partial charge on any atom is 0.408 e. The van der Waals surface area contributed by atoms with Gasteiger partial charge in [0.1, 0.15) is 23.1 Å². The number of alkyl carbamates (subject to hydrolysis) is 1. The minimum atomic E-state index is -4.58. The van der Waals surface area contributed by atoms with Crippen molar-refractivity contribution in [2.24, 2.45) is 5.92 Å². The van der Waals surface area contributed by atoms with Crippen molar-refractivity contribution in [1.29, 1.82) is 0 Å². The maximum absolute atomic E-state index is 13.4. The molecule has 228 valence electrons. The zero-order valence-electron chi connectivity index (χ0n) is 24.2. The van der Waals surface area contributed by atoms with E-state index in [4.69, 9.17) is 16.3 Å². The van der Waals surface area contributed by atoms with Gasteiger partial charge in [0.25, 0.3) is 10.1 Å². The molecule has 0 fully saturated rings. The van der Waals surface area contributed by atoms with E-state index in [0.717, 1.165) is 28.3 Å². The molecule has 1 aliphatic rings. The van der Waals surface area contributed by atoms with Crippen LogP contribution in [0.15, 0.2) is 71.6 Å². The van der Waals surface area contributed by atoms with Gasteiger partial charge in [0.05, 0.1) is 0 Å². The van der Waals surface area contributed by atoms with Gasteiger partial charge in [-0.05, 0) is 59.7 Å². The second-order valence-corrected chi connectivity index (χ2v) is 12.6. The molecule has 2 atom stereocenters. The van der Waals surface area contributed by atoms with Crippen molar-refractivity contribution >= 4 is 45.3 Å². The molecule has 10 nitrogen and oxygen atoms in total. The minimum Gasteiger partial charge on any atom is -0.449 e. The number of amides is 3. The van der Waals surface area contributed by atoms with Crippen molar-refractivity contribution in [3.05, 3.63) is 83.4 Å². The average molecular weight is 628 g/mol. The highest BCUT2D eigenvalue weighted by Gasteiger charge is 2.40. The highest BCUT2D eigenvalue weighted by molar-refractivity contribution is 7.85. The molecule has 0 heterocycles. The van der Waals surface area contributed by atoms with E-state index in [0.29, 0.717) is 0 Å². The lowest BCUT2D eigenvalue weighted by molar-refractivity contribution is -0.131. The summed E-state index contributed by atoms with van der Waals surface area (Å²) in [5.74, 6) is -1.97. The lowest BCUT2D eigenvalue weighted by Crippen LogP contribution is -2.62. The normalized spacial score (nSPS) is 14.7. The van der Waals surface area contributed by atoms with Crippen LogP contribution in [0, 0.1) is 5.92 Å². The van der Waals surface area contributed by atoms with Crippen molar-refractivity contribution in [3.8, 4) is 11.1 Å². The molecule has 1 aliphatic carbocycles. The van der Waals surface area contributed by atoms with Crippen molar-refractivity contribution in [2.45, 2.75) is 56.0 Å². The fourth-order valence-corrected chi connectivity index (χ4v) is 6.01. The van der Waals surface area contributed by atoms with Crippen LogP contribution in [0.4, 0.5) is 10.5 Å². The summed E-state index contributed by atoms with van der Waals surface area (Å²) in [5.41, 5.74) is 3.11. The number of carbonyl (C=O) groups is 3. The summed E-state index contributed by atoms with van der Waals surface area (Å²) in [6.45, 7) is 6.57. The van der Waals surface area contributed by atoms with E-state index >= 15 is 0 Å². The number of alkyl halides is 1. The highest BCUT2D eigenvalue weighted by Crippen LogP contribution is 2.44. The second kappa shape index (κ2) is 12.7. The first-order valence-corrected chi connectivity index (χ1v) is 15.6. The van der Waals surface area contributed by atoms with Gasteiger partial charge in [-0.2, -0.15) is 8.42 Å². The third kappa shape index (κ3) is 6.84. The Kier molecular flexibility index (Phi) is 9.48. The smallest absolute Gasteiger partial charge is 0.408 e. The van der Waals surface area contributed by atoms with Crippen molar-refractivity contribution < 1.29 is 32.1 Å². The second-order valence-electron chi connectivity index (χ2n) is 10.9. The largest absolute Gasteiger partial charge is 0.449 e. The predicted octanol–water partition coefficient (Wildman–Crippen LogP) is 5.07.